The Morgan fingerprint density at radius 3 is 2.76 bits per heavy atom. The lowest BCUT2D eigenvalue weighted by Gasteiger charge is -2.23. The van der Waals surface area contributed by atoms with Crippen LogP contribution in [0.1, 0.15) is 38.2 Å². The van der Waals surface area contributed by atoms with E-state index in [-0.39, 0.29) is 5.60 Å². The Morgan fingerprint density at radius 1 is 1.47 bits per heavy atom. The fraction of sp³-hybridized carbons (Fsp3) is 0.667. The van der Waals surface area contributed by atoms with Crippen LogP contribution in [-0.2, 0) is 16.8 Å². The standard InChI is InChI=1S/C12H18BrN3O/c1-4-8-9(13)10(14-3)16-11(15-8)12(2)6-5-7-17-12/h4-7H2,1-3H3,(H,14,15,16). The number of rotatable bonds is 3. The quantitative estimate of drug-likeness (QED) is 0.932. The molecule has 1 aliphatic heterocycles. The van der Waals surface area contributed by atoms with Crippen LogP contribution in [0.2, 0.25) is 0 Å². The zero-order valence-electron chi connectivity index (χ0n) is 10.5. The van der Waals surface area contributed by atoms with E-state index in [4.69, 9.17) is 4.74 Å². The number of hydrogen-bond donors (Lipinski definition) is 1. The number of anilines is 1. The van der Waals surface area contributed by atoms with Crippen molar-refractivity contribution in [2.45, 2.75) is 38.7 Å². The molecule has 2 heterocycles. The molecule has 1 atom stereocenters. The molecule has 0 radical (unpaired) electrons. The fourth-order valence-corrected chi connectivity index (χ4v) is 2.74. The molecule has 0 amide bonds. The smallest absolute Gasteiger partial charge is 0.162 e. The molecule has 1 aromatic rings. The van der Waals surface area contributed by atoms with Crippen molar-refractivity contribution in [1.29, 1.82) is 0 Å². The van der Waals surface area contributed by atoms with Crippen LogP contribution in [0.15, 0.2) is 4.47 Å². The first-order valence-corrected chi connectivity index (χ1v) is 6.78. The van der Waals surface area contributed by atoms with Gasteiger partial charge in [0.1, 0.15) is 11.4 Å². The van der Waals surface area contributed by atoms with Gasteiger partial charge in [-0.25, -0.2) is 9.97 Å². The van der Waals surface area contributed by atoms with Gasteiger partial charge in [0, 0.05) is 13.7 Å². The number of ether oxygens (including phenoxy) is 1. The Labute approximate surface area is 110 Å². The summed E-state index contributed by atoms with van der Waals surface area (Å²) in [5.74, 6) is 1.63. The monoisotopic (exact) mass is 299 g/mol. The van der Waals surface area contributed by atoms with Crippen molar-refractivity contribution in [3.63, 3.8) is 0 Å². The summed E-state index contributed by atoms with van der Waals surface area (Å²) in [4.78, 5) is 9.19. The normalized spacial score (nSPS) is 24.0. The summed E-state index contributed by atoms with van der Waals surface area (Å²) in [6, 6.07) is 0. The van der Waals surface area contributed by atoms with Crippen molar-refractivity contribution in [3.05, 3.63) is 16.0 Å². The Hall–Kier alpha value is -0.680. The third-order valence-electron chi connectivity index (χ3n) is 3.18. The lowest BCUT2D eigenvalue weighted by atomic mass is 10.0. The van der Waals surface area contributed by atoms with E-state index in [9.17, 15) is 0 Å². The van der Waals surface area contributed by atoms with E-state index in [2.05, 4.69) is 45.1 Å². The zero-order chi connectivity index (χ0) is 12.5. The van der Waals surface area contributed by atoms with Crippen LogP contribution in [0.25, 0.3) is 0 Å². The Morgan fingerprint density at radius 2 is 2.24 bits per heavy atom. The highest BCUT2D eigenvalue weighted by Crippen LogP contribution is 2.35. The molecular weight excluding hydrogens is 282 g/mol. The van der Waals surface area contributed by atoms with Gasteiger partial charge in [0.15, 0.2) is 5.82 Å². The van der Waals surface area contributed by atoms with E-state index >= 15 is 0 Å². The van der Waals surface area contributed by atoms with Crippen LogP contribution in [0.5, 0.6) is 0 Å². The summed E-state index contributed by atoms with van der Waals surface area (Å²) in [5.41, 5.74) is 0.701. The van der Waals surface area contributed by atoms with Crippen molar-refractivity contribution in [1.82, 2.24) is 9.97 Å². The molecule has 1 aliphatic rings. The molecular formula is C12H18BrN3O. The number of nitrogens with zero attached hydrogens (tertiary/aromatic N) is 2. The van der Waals surface area contributed by atoms with Gasteiger partial charge in [0.2, 0.25) is 0 Å². The first kappa shape index (κ1) is 12.8. The predicted octanol–water partition coefficient (Wildman–Crippen LogP) is 2.87. The fourth-order valence-electron chi connectivity index (χ4n) is 2.09. The maximum atomic E-state index is 5.80. The molecule has 0 aromatic carbocycles. The van der Waals surface area contributed by atoms with Crippen LogP contribution in [-0.4, -0.2) is 23.6 Å². The Balaban J connectivity index is 2.47. The second-order valence-electron chi connectivity index (χ2n) is 4.44. The van der Waals surface area contributed by atoms with Crippen molar-refractivity contribution in [2.75, 3.05) is 19.0 Å². The van der Waals surface area contributed by atoms with Gasteiger partial charge >= 0.3 is 0 Å². The molecule has 4 nitrogen and oxygen atoms in total. The SMILES string of the molecule is CCc1nc(C2(C)CCCO2)nc(NC)c1Br. The van der Waals surface area contributed by atoms with Gasteiger partial charge in [0.25, 0.3) is 0 Å². The van der Waals surface area contributed by atoms with Gasteiger partial charge in [-0.05, 0) is 42.1 Å². The largest absolute Gasteiger partial charge is 0.372 e. The zero-order valence-corrected chi connectivity index (χ0v) is 12.1. The number of nitrogens with one attached hydrogen (secondary N) is 1. The van der Waals surface area contributed by atoms with Gasteiger partial charge in [-0.2, -0.15) is 0 Å². The second-order valence-corrected chi connectivity index (χ2v) is 5.24. The van der Waals surface area contributed by atoms with Gasteiger partial charge in [-0.1, -0.05) is 6.92 Å². The molecule has 0 spiro atoms. The summed E-state index contributed by atoms with van der Waals surface area (Å²) in [7, 11) is 1.87. The molecule has 1 N–H and O–H groups in total. The van der Waals surface area contributed by atoms with E-state index in [0.29, 0.717) is 0 Å². The van der Waals surface area contributed by atoms with E-state index in [0.717, 1.165) is 47.7 Å². The maximum Gasteiger partial charge on any atom is 0.162 e. The first-order chi connectivity index (χ1) is 8.10. The van der Waals surface area contributed by atoms with Gasteiger partial charge in [0.05, 0.1) is 10.2 Å². The summed E-state index contributed by atoms with van der Waals surface area (Å²) in [5, 5.41) is 3.10. The Kier molecular flexibility index (Phi) is 3.68. The molecule has 2 rings (SSSR count). The minimum absolute atomic E-state index is 0.323. The number of aromatic nitrogens is 2. The van der Waals surface area contributed by atoms with Crippen LogP contribution in [0.3, 0.4) is 0 Å². The molecule has 0 saturated carbocycles. The molecule has 1 unspecified atom stereocenters. The lowest BCUT2D eigenvalue weighted by molar-refractivity contribution is 0.00925. The lowest BCUT2D eigenvalue weighted by Crippen LogP contribution is -2.24. The van der Waals surface area contributed by atoms with Crippen LogP contribution in [0, 0.1) is 0 Å². The van der Waals surface area contributed by atoms with Crippen LogP contribution < -0.4 is 5.32 Å². The van der Waals surface area contributed by atoms with Gasteiger partial charge in [-0.15, -0.1) is 0 Å². The van der Waals surface area contributed by atoms with Crippen LogP contribution in [0.4, 0.5) is 5.82 Å². The molecule has 0 bridgehead atoms. The molecule has 1 fully saturated rings. The minimum Gasteiger partial charge on any atom is -0.372 e. The van der Waals surface area contributed by atoms with Crippen molar-refractivity contribution >= 4 is 21.7 Å². The summed E-state index contributed by atoms with van der Waals surface area (Å²) in [6.45, 7) is 4.96. The highest BCUT2D eigenvalue weighted by atomic mass is 79.9. The van der Waals surface area contributed by atoms with E-state index in [1.807, 2.05) is 7.05 Å². The van der Waals surface area contributed by atoms with Gasteiger partial charge in [-0.3, -0.25) is 0 Å². The summed E-state index contributed by atoms with van der Waals surface area (Å²) >= 11 is 3.53. The topological polar surface area (TPSA) is 47.0 Å². The molecule has 94 valence electrons. The maximum absolute atomic E-state index is 5.80. The van der Waals surface area contributed by atoms with Gasteiger partial charge < -0.3 is 10.1 Å². The third kappa shape index (κ3) is 2.31. The molecule has 5 heteroatoms. The average Bonchev–Trinajstić information content (AvgIpc) is 2.77. The highest BCUT2D eigenvalue weighted by molar-refractivity contribution is 9.10. The van der Waals surface area contributed by atoms with E-state index in [1.165, 1.54) is 0 Å². The number of aryl methyl sites for hydroxylation is 1. The summed E-state index contributed by atoms with van der Waals surface area (Å²) in [6.07, 6.45) is 2.94. The molecule has 1 saturated heterocycles. The first-order valence-electron chi connectivity index (χ1n) is 5.99. The van der Waals surface area contributed by atoms with E-state index in [1.54, 1.807) is 0 Å². The predicted molar refractivity (Wildman–Crippen MR) is 71.2 cm³/mol. The van der Waals surface area contributed by atoms with Crippen molar-refractivity contribution in [2.24, 2.45) is 0 Å². The van der Waals surface area contributed by atoms with E-state index < -0.39 is 0 Å². The number of halogens is 1. The van der Waals surface area contributed by atoms with Crippen molar-refractivity contribution < 1.29 is 4.74 Å². The van der Waals surface area contributed by atoms with Crippen molar-refractivity contribution in [3.8, 4) is 0 Å². The highest BCUT2D eigenvalue weighted by Gasteiger charge is 2.35. The second kappa shape index (κ2) is 4.90. The summed E-state index contributed by atoms with van der Waals surface area (Å²) < 4.78 is 6.75. The third-order valence-corrected chi connectivity index (χ3v) is 4.02. The van der Waals surface area contributed by atoms with Crippen LogP contribution >= 0.6 is 15.9 Å². The molecule has 0 aliphatic carbocycles. The minimum atomic E-state index is -0.323. The number of hydrogen-bond acceptors (Lipinski definition) is 4. The molecule has 17 heavy (non-hydrogen) atoms. The average molecular weight is 300 g/mol. The Bertz CT molecular complexity index is 391. The molecule has 1 aromatic heterocycles.